The van der Waals surface area contributed by atoms with Crippen molar-refractivity contribution in [1.82, 2.24) is 9.55 Å². The Hall–Kier alpha value is -1.84. The topological polar surface area (TPSA) is 55.1 Å². The van der Waals surface area contributed by atoms with Crippen LogP contribution in [0.5, 0.6) is 0 Å². The van der Waals surface area contributed by atoms with Gasteiger partial charge in [0.25, 0.3) is 0 Å². The molecule has 0 amide bonds. The Bertz CT molecular complexity index is 631. The smallest absolute Gasteiger partial charge is 0.335 e. The first kappa shape index (κ1) is 14.6. The molecule has 108 valence electrons. The summed E-state index contributed by atoms with van der Waals surface area (Å²) in [4.78, 5) is 15.8. The number of fused-ring (bicyclic) bond motifs is 1. The monoisotopic (exact) mass is 274 g/mol. The number of imidazole rings is 1. The molecule has 4 heteroatoms. The van der Waals surface area contributed by atoms with Crippen LogP contribution in [0.3, 0.4) is 0 Å². The van der Waals surface area contributed by atoms with Crippen LogP contribution in [0.1, 0.15) is 68.7 Å². The summed E-state index contributed by atoms with van der Waals surface area (Å²) in [7, 11) is 0. The summed E-state index contributed by atoms with van der Waals surface area (Å²) in [5, 5.41) is 9.10. The molecule has 1 N–H and O–H groups in total. The van der Waals surface area contributed by atoms with E-state index in [1.165, 1.54) is 0 Å². The Morgan fingerprint density at radius 2 is 2.00 bits per heavy atom. The average molecular weight is 274 g/mol. The van der Waals surface area contributed by atoms with Crippen molar-refractivity contribution < 1.29 is 9.90 Å². The van der Waals surface area contributed by atoms with Gasteiger partial charge in [0.2, 0.25) is 0 Å². The molecule has 0 bridgehead atoms. The van der Waals surface area contributed by atoms with Crippen LogP contribution in [0.4, 0.5) is 0 Å². The van der Waals surface area contributed by atoms with Crippen LogP contribution in [0.25, 0.3) is 11.0 Å². The molecule has 0 aliphatic carbocycles. The highest BCUT2D eigenvalue weighted by Gasteiger charge is 2.19. The first-order chi connectivity index (χ1) is 9.49. The third kappa shape index (κ3) is 2.42. The number of hydrogen-bond donors (Lipinski definition) is 1. The molecule has 0 aliphatic heterocycles. The molecule has 0 fully saturated rings. The Balaban J connectivity index is 2.68. The normalized spacial score (nSPS) is 14.4. The largest absolute Gasteiger partial charge is 0.478 e. The van der Waals surface area contributed by atoms with Gasteiger partial charge < -0.3 is 9.67 Å². The van der Waals surface area contributed by atoms with E-state index in [1.807, 2.05) is 6.07 Å². The van der Waals surface area contributed by atoms with Gasteiger partial charge in [-0.3, -0.25) is 0 Å². The van der Waals surface area contributed by atoms with E-state index in [0.717, 1.165) is 29.7 Å². The summed E-state index contributed by atoms with van der Waals surface area (Å²) in [6.07, 6.45) is 2.04. The van der Waals surface area contributed by atoms with Gasteiger partial charge in [-0.1, -0.05) is 20.8 Å². The molecule has 2 unspecified atom stereocenters. The number of carboxylic acid groups (broad SMARTS) is 1. The van der Waals surface area contributed by atoms with Crippen molar-refractivity contribution in [1.29, 1.82) is 0 Å². The van der Waals surface area contributed by atoms with E-state index in [0.29, 0.717) is 17.5 Å². The summed E-state index contributed by atoms with van der Waals surface area (Å²) in [6, 6.07) is 5.57. The Morgan fingerprint density at radius 1 is 1.30 bits per heavy atom. The molecule has 4 nitrogen and oxygen atoms in total. The third-order valence-corrected chi connectivity index (χ3v) is 4.05. The second-order valence-electron chi connectivity index (χ2n) is 5.42. The lowest BCUT2D eigenvalue weighted by Crippen LogP contribution is -2.10. The van der Waals surface area contributed by atoms with Crippen LogP contribution in [-0.4, -0.2) is 20.6 Å². The maximum absolute atomic E-state index is 11.1. The quantitative estimate of drug-likeness (QED) is 0.888. The Kier molecular flexibility index (Phi) is 4.12. The fraction of sp³-hybridized carbons (Fsp3) is 0.500. The van der Waals surface area contributed by atoms with Gasteiger partial charge in [-0.05, 0) is 38.0 Å². The first-order valence-electron chi connectivity index (χ1n) is 7.24. The second kappa shape index (κ2) is 5.65. The molecular weight excluding hydrogens is 252 g/mol. The van der Waals surface area contributed by atoms with Crippen molar-refractivity contribution in [2.45, 2.75) is 52.5 Å². The highest BCUT2D eigenvalue weighted by molar-refractivity contribution is 5.92. The highest BCUT2D eigenvalue weighted by Crippen LogP contribution is 2.29. The van der Waals surface area contributed by atoms with Crippen molar-refractivity contribution >= 4 is 17.0 Å². The van der Waals surface area contributed by atoms with Crippen LogP contribution in [-0.2, 0) is 0 Å². The van der Waals surface area contributed by atoms with Crippen molar-refractivity contribution in [3.05, 3.63) is 29.6 Å². The number of benzene rings is 1. The number of carboxylic acids is 1. The lowest BCUT2D eigenvalue weighted by atomic mass is 10.1. The third-order valence-electron chi connectivity index (χ3n) is 4.05. The van der Waals surface area contributed by atoms with E-state index in [9.17, 15) is 4.79 Å². The molecule has 1 heterocycles. The van der Waals surface area contributed by atoms with E-state index >= 15 is 0 Å². The maximum Gasteiger partial charge on any atom is 0.335 e. The standard InChI is InChI=1S/C16H22N2O2/c1-5-10(3)15-17-13-9-12(16(19)20)7-8-14(13)18(15)11(4)6-2/h7-11H,5-6H2,1-4H3,(H,19,20). The van der Waals surface area contributed by atoms with Crippen LogP contribution in [0.15, 0.2) is 18.2 Å². The average Bonchev–Trinajstić information content (AvgIpc) is 2.83. The number of hydrogen-bond acceptors (Lipinski definition) is 2. The van der Waals surface area contributed by atoms with Gasteiger partial charge in [0.15, 0.2) is 0 Å². The van der Waals surface area contributed by atoms with Crippen molar-refractivity contribution in [2.75, 3.05) is 0 Å². The zero-order chi connectivity index (χ0) is 14.9. The van der Waals surface area contributed by atoms with E-state index in [2.05, 4.69) is 32.3 Å². The van der Waals surface area contributed by atoms with Gasteiger partial charge in [0.1, 0.15) is 5.82 Å². The fourth-order valence-corrected chi connectivity index (χ4v) is 2.43. The van der Waals surface area contributed by atoms with Crippen molar-refractivity contribution in [2.24, 2.45) is 0 Å². The van der Waals surface area contributed by atoms with E-state index in [4.69, 9.17) is 10.1 Å². The minimum absolute atomic E-state index is 0.294. The summed E-state index contributed by atoms with van der Waals surface area (Å²) in [5.41, 5.74) is 2.10. The second-order valence-corrected chi connectivity index (χ2v) is 5.42. The molecule has 0 spiro atoms. The maximum atomic E-state index is 11.1. The lowest BCUT2D eigenvalue weighted by Gasteiger charge is -2.18. The molecular formula is C16H22N2O2. The molecule has 0 saturated heterocycles. The Labute approximate surface area is 119 Å². The van der Waals surface area contributed by atoms with Gasteiger partial charge in [-0.2, -0.15) is 0 Å². The zero-order valence-corrected chi connectivity index (χ0v) is 12.6. The highest BCUT2D eigenvalue weighted by atomic mass is 16.4. The predicted molar refractivity (Wildman–Crippen MR) is 80.4 cm³/mol. The zero-order valence-electron chi connectivity index (χ0n) is 12.6. The summed E-state index contributed by atoms with van der Waals surface area (Å²) < 4.78 is 2.26. The molecule has 0 aliphatic rings. The van der Waals surface area contributed by atoms with E-state index in [-0.39, 0.29) is 0 Å². The van der Waals surface area contributed by atoms with Gasteiger partial charge in [-0.15, -0.1) is 0 Å². The van der Waals surface area contributed by atoms with Crippen molar-refractivity contribution in [3.63, 3.8) is 0 Å². The van der Waals surface area contributed by atoms with Gasteiger partial charge in [-0.25, -0.2) is 9.78 Å². The minimum Gasteiger partial charge on any atom is -0.478 e. The number of rotatable bonds is 5. The molecule has 2 atom stereocenters. The van der Waals surface area contributed by atoms with Crippen molar-refractivity contribution in [3.8, 4) is 0 Å². The van der Waals surface area contributed by atoms with Crippen LogP contribution >= 0.6 is 0 Å². The molecule has 0 radical (unpaired) electrons. The summed E-state index contributed by atoms with van der Waals surface area (Å²) in [5.74, 6) is 0.513. The van der Waals surface area contributed by atoms with Crippen LogP contribution < -0.4 is 0 Å². The number of aromatic nitrogens is 2. The predicted octanol–water partition coefficient (Wildman–Crippen LogP) is 4.22. The van der Waals surface area contributed by atoms with Gasteiger partial charge >= 0.3 is 5.97 Å². The molecule has 1 aromatic carbocycles. The molecule has 2 rings (SSSR count). The molecule has 2 aromatic rings. The summed E-state index contributed by atoms with van der Waals surface area (Å²) in [6.45, 7) is 8.65. The summed E-state index contributed by atoms with van der Waals surface area (Å²) >= 11 is 0. The molecule has 20 heavy (non-hydrogen) atoms. The molecule has 1 aromatic heterocycles. The SMILES string of the molecule is CCC(C)c1nc2cc(C(=O)O)ccc2n1C(C)CC. The minimum atomic E-state index is -0.907. The van der Waals surface area contributed by atoms with E-state index < -0.39 is 5.97 Å². The Morgan fingerprint density at radius 3 is 2.55 bits per heavy atom. The van der Waals surface area contributed by atoms with Crippen LogP contribution in [0.2, 0.25) is 0 Å². The van der Waals surface area contributed by atoms with Gasteiger partial charge in [0, 0.05) is 12.0 Å². The lowest BCUT2D eigenvalue weighted by molar-refractivity contribution is 0.0697. The van der Waals surface area contributed by atoms with E-state index in [1.54, 1.807) is 12.1 Å². The fourth-order valence-electron chi connectivity index (χ4n) is 2.43. The molecule has 0 saturated carbocycles. The van der Waals surface area contributed by atoms with Crippen LogP contribution in [0, 0.1) is 0 Å². The number of carbonyl (C=O) groups is 1. The van der Waals surface area contributed by atoms with Gasteiger partial charge in [0.05, 0.1) is 16.6 Å². The number of nitrogens with zero attached hydrogens (tertiary/aromatic N) is 2. The number of aromatic carboxylic acids is 1. The first-order valence-corrected chi connectivity index (χ1v) is 7.24.